The molecule has 0 aliphatic rings. The summed E-state index contributed by atoms with van der Waals surface area (Å²) in [6.07, 6.45) is -2.51. The summed E-state index contributed by atoms with van der Waals surface area (Å²) >= 11 is 0. The zero-order valence-corrected chi connectivity index (χ0v) is 12.6. The highest BCUT2D eigenvalue weighted by molar-refractivity contribution is 5.52. The third-order valence-electron chi connectivity index (χ3n) is 3.35. The van der Waals surface area contributed by atoms with Crippen LogP contribution in [0, 0.1) is 17.2 Å². The minimum Gasteiger partial charge on any atom is -0.396 e. The second-order valence-corrected chi connectivity index (χ2v) is 5.16. The van der Waals surface area contributed by atoms with Crippen LogP contribution >= 0.6 is 0 Å². The molecular weight excluding hydrogens is 321 g/mol. The molecule has 0 saturated heterocycles. The molecule has 126 valence electrons. The van der Waals surface area contributed by atoms with Crippen molar-refractivity contribution in [3.8, 4) is 6.07 Å². The summed E-state index contributed by atoms with van der Waals surface area (Å²) in [5.74, 6) is -0.422. The first-order valence-electron chi connectivity index (χ1n) is 7.17. The molecule has 0 spiro atoms. The number of nitrogens with zero attached hydrogens (tertiary/aromatic N) is 3. The van der Waals surface area contributed by atoms with Crippen molar-refractivity contribution in [2.24, 2.45) is 5.92 Å². The lowest BCUT2D eigenvalue weighted by molar-refractivity contribution is -0.141. The monoisotopic (exact) mass is 336 g/mol. The summed E-state index contributed by atoms with van der Waals surface area (Å²) in [6.45, 7) is -0.0134. The third-order valence-corrected chi connectivity index (χ3v) is 3.35. The van der Waals surface area contributed by atoms with Crippen molar-refractivity contribution in [1.82, 2.24) is 9.97 Å². The Balaban J connectivity index is 2.10. The van der Waals surface area contributed by atoms with Crippen LogP contribution in [0.25, 0.3) is 0 Å². The highest BCUT2D eigenvalue weighted by Crippen LogP contribution is 2.29. The van der Waals surface area contributed by atoms with Gasteiger partial charge in [0.1, 0.15) is 17.6 Å². The average Bonchev–Trinajstić information content (AvgIpc) is 2.58. The van der Waals surface area contributed by atoms with Crippen LogP contribution in [0.1, 0.15) is 17.0 Å². The van der Waals surface area contributed by atoms with Crippen molar-refractivity contribution in [3.63, 3.8) is 0 Å². The molecule has 2 rings (SSSR count). The van der Waals surface area contributed by atoms with E-state index in [1.54, 1.807) is 24.4 Å². The molecule has 0 amide bonds. The summed E-state index contributed by atoms with van der Waals surface area (Å²) < 4.78 is 38.2. The fourth-order valence-electron chi connectivity index (χ4n) is 2.10. The van der Waals surface area contributed by atoms with Gasteiger partial charge in [-0.2, -0.15) is 18.4 Å². The summed E-state index contributed by atoms with van der Waals surface area (Å²) in [5, 5.41) is 21.2. The maximum Gasteiger partial charge on any atom is 0.433 e. The molecular formula is C16H15F3N4O. The normalized spacial score (nSPS) is 12.5. The number of pyridine rings is 2. The lowest BCUT2D eigenvalue weighted by Crippen LogP contribution is -2.22. The van der Waals surface area contributed by atoms with Crippen LogP contribution in [0.15, 0.2) is 36.5 Å². The molecule has 1 unspecified atom stereocenters. The second-order valence-electron chi connectivity index (χ2n) is 5.16. The smallest absolute Gasteiger partial charge is 0.396 e. The minimum absolute atomic E-state index is 0.0116. The Bertz CT molecular complexity index is 713. The first kappa shape index (κ1) is 17.7. The maximum absolute atomic E-state index is 12.7. The molecule has 1 atom stereocenters. The first-order chi connectivity index (χ1) is 11.4. The Morgan fingerprint density at radius 3 is 2.62 bits per heavy atom. The van der Waals surface area contributed by atoms with Crippen LogP contribution in [0.5, 0.6) is 0 Å². The summed E-state index contributed by atoms with van der Waals surface area (Å²) in [7, 11) is 0. The number of halogens is 3. The molecule has 8 heteroatoms. The molecule has 2 aromatic rings. The Morgan fingerprint density at radius 1 is 1.25 bits per heavy atom. The van der Waals surface area contributed by atoms with Crippen molar-refractivity contribution >= 4 is 5.82 Å². The fourth-order valence-corrected chi connectivity index (χ4v) is 2.10. The first-order valence-corrected chi connectivity index (χ1v) is 7.17. The number of alkyl halides is 3. The van der Waals surface area contributed by atoms with Gasteiger partial charge in [0, 0.05) is 31.0 Å². The van der Waals surface area contributed by atoms with E-state index in [9.17, 15) is 18.3 Å². The predicted octanol–water partition coefficient (Wildman–Crippen LogP) is 2.63. The van der Waals surface area contributed by atoms with Gasteiger partial charge in [0.2, 0.25) is 0 Å². The van der Waals surface area contributed by atoms with Crippen molar-refractivity contribution < 1.29 is 18.3 Å². The molecule has 2 heterocycles. The fraction of sp³-hybridized carbons (Fsp3) is 0.312. The average molecular weight is 336 g/mol. The molecule has 5 nitrogen and oxygen atoms in total. The Morgan fingerprint density at radius 2 is 2.04 bits per heavy atom. The van der Waals surface area contributed by atoms with E-state index in [2.05, 4.69) is 15.3 Å². The lowest BCUT2D eigenvalue weighted by Gasteiger charge is -2.16. The van der Waals surface area contributed by atoms with Crippen LogP contribution < -0.4 is 5.32 Å². The molecule has 0 bridgehead atoms. The number of hydrogen-bond donors (Lipinski definition) is 2. The van der Waals surface area contributed by atoms with Gasteiger partial charge in [0.05, 0.1) is 5.56 Å². The van der Waals surface area contributed by atoms with E-state index in [0.29, 0.717) is 6.42 Å². The standard InChI is InChI=1S/C16H15F3N4O/c17-16(18,19)14-5-4-12(8-20)15(23-14)22-9-11(10-24)7-13-3-1-2-6-21-13/h1-6,11,24H,7,9-10H2,(H,22,23). The summed E-state index contributed by atoms with van der Waals surface area (Å²) in [4.78, 5) is 7.62. The quantitative estimate of drug-likeness (QED) is 0.847. The lowest BCUT2D eigenvalue weighted by atomic mass is 10.0. The van der Waals surface area contributed by atoms with E-state index in [0.717, 1.165) is 17.8 Å². The van der Waals surface area contributed by atoms with Gasteiger partial charge >= 0.3 is 6.18 Å². The number of hydrogen-bond acceptors (Lipinski definition) is 5. The number of rotatable bonds is 6. The zero-order valence-electron chi connectivity index (χ0n) is 12.6. The van der Waals surface area contributed by atoms with Gasteiger partial charge < -0.3 is 10.4 Å². The van der Waals surface area contributed by atoms with Gasteiger partial charge in [0.15, 0.2) is 0 Å². The SMILES string of the molecule is N#Cc1ccc(C(F)(F)F)nc1NCC(CO)Cc1ccccn1. The van der Waals surface area contributed by atoms with Gasteiger partial charge in [0.25, 0.3) is 0 Å². The Hall–Kier alpha value is -2.66. The molecule has 0 fully saturated rings. The molecule has 0 saturated carbocycles. The van der Waals surface area contributed by atoms with Crippen LogP contribution in [-0.4, -0.2) is 28.2 Å². The Kier molecular flexibility index (Phi) is 5.71. The zero-order chi connectivity index (χ0) is 17.6. The van der Waals surface area contributed by atoms with E-state index >= 15 is 0 Å². The summed E-state index contributed by atoms with van der Waals surface area (Å²) in [6, 6.07) is 9.01. The number of aromatic nitrogens is 2. The van der Waals surface area contributed by atoms with Gasteiger partial charge in [-0.05, 0) is 30.7 Å². The van der Waals surface area contributed by atoms with E-state index < -0.39 is 11.9 Å². The number of anilines is 1. The molecule has 24 heavy (non-hydrogen) atoms. The highest BCUT2D eigenvalue weighted by atomic mass is 19.4. The molecule has 0 aliphatic carbocycles. The summed E-state index contributed by atoms with van der Waals surface area (Å²) in [5.41, 5.74) is -0.303. The van der Waals surface area contributed by atoms with E-state index in [4.69, 9.17) is 5.26 Å². The van der Waals surface area contributed by atoms with Crippen molar-refractivity contribution in [2.75, 3.05) is 18.5 Å². The van der Waals surface area contributed by atoms with Gasteiger partial charge in [-0.1, -0.05) is 6.07 Å². The molecule has 2 N–H and O–H groups in total. The van der Waals surface area contributed by atoms with Crippen LogP contribution in [0.4, 0.5) is 19.0 Å². The van der Waals surface area contributed by atoms with Crippen LogP contribution in [0.2, 0.25) is 0 Å². The molecule has 0 radical (unpaired) electrons. The largest absolute Gasteiger partial charge is 0.433 e. The van der Waals surface area contributed by atoms with E-state index in [1.165, 1.54) is 0 Å². The van der Waals surface area contributed by atoms with Crippen molar-refractivity contribution in [1.29, 1.82) is 5.26 Å². The number of aliphatic hydroxyl groups is 1. The number of nitrogens with one attached hydrogen (secondary N) is 1. The predicted molar refractivity (Wildman–Crippen MR) is 81.0 cm³/mol. The van der Waals surface area contributed by atoms with Crippen molar-refractivity contribution in [2.45, 2.75) is 12.6 Å². The topological polar surface area (TPSA) is 81.8 Å². The minimum atomic E-state index is -4.59. The highest BCUT2D eigenvalue weighted by Gasteiger charge is 2.33. The molecule has 0 aliphatic heterocycles. The van der Waals surface area contributed by atoms with E-state index in [-0.39, 0.29) is 30.5 Å². The number of nitriles is 1. The van der Waals surface area contributed by atoms with Gasteiger partial charge in [-0.25, -0.2) is 4.98 Å². The van der Waals surface area contributed by atoms with E-state index in [1.807, 2.05) is 6.07 Å². The van der Waals surface area contributed by atoms with Gasteiger partial charge in [-0.15, -0.1) is 0 Å². The maximum atomic E-state index is 12.7. The third kappa shape index (κ3) is 4.67. The second kappa shape index (κ2) is 7.75. The van der Waals surface area contributed by atoms with Crippen molar-refractivity contribution in [3.05, 3.63) is 53.5 Å². The number of aliphatic hydroxyl groups excluding tert-OH is 1. The Labute approximate surface area is 136 Å². The molecule has 0 aromatic carbocycles. The molecule has 2 aromatic heterocycles. The van der Waals surface area contributed by atoms with Crippen LogP contribution in [-0.2, 0) is 12.6 Å². The van der Waals surface area contributed by atoms with Gasteiger partial charge in [-0.3, -0.25) is 4.98 Å². The van der Waals surface area contributed by atoms with Crippen LogP contribution in [0.3, 0.4) is 0 Å².